The van der Waals surface area contributed by atoms with E-state index in [2.05, 4.69) is 0 Å². The fraction of sp³-hybridized carbons (Fsp3) is 0.125. The Bertz CT molecular complexity index is 825. The first kappa shape index (κ1) is 13.9. The van der Waals surface area contributed by atoms with Crippen molar-refractivity contribution in [3.63, 3.8) is 0 Å². The number of nitro groups is 1. The zero-order valence-corrected chi connectivity index (χ0v) is 11.7. The lowest BCUT2D eigenvalue weighted by atomic mass is 10.0. The Labute approximate surface area is 125 Å². The molecule has 0 saturated carbocycles. The van der Waals surface area contributed by atoms with Crippen LogP contribution in [0.5, 0.6) is 0 Å². The van der Waals surface area contributed by atoms with Crippen LogP contribution in [0.15, 0.2) is 36.4 Å². The van der Waals surface area contributed by atoms with Gasteiger partial charge in [-0.1, -0.05) is 6.07 Å². The number of ether oxygens (including phenoxy) is 1. The molecule has 0 bridgehead atoms. The highest BCUT2D eigenvalue weighted by atomic mass is 16.6. The second-order valence-corrected chi connectivity index (χ2v) is 4.80. The zero-order chi connectivity index (χ0) is 15.9. The van der Waals surface area contributed by atoms with Gasteiger partial charge in [-0.2, -0.15) is 0 Å². The van der Waals surface area contributed by atoms with E-state index in [-0.39, 0.29) is 29.2 Å². The third kappa shape index (κ3) is 2.05. The normalized spacial score (nSPS) is 11.8. The van der Waals surface area contributed by atoms with E-state index in [1.165, 1.54) is 18.2 Å². The SMILES string of the molecule is CCOC(=O)c1ccc2c(c1)C(=O)c1cc([N+](=O)[O-])ccc1-2. The van der Waals surface area contributed by atoms with Gasteiger partial charge in [0, 0.05) is 23.3 Å². The molecule has 22 heavy (non-hydrogen) atoms. The lowest BCUT2D eigenvalue weighted by Crippen LogP contribution is -2.06. The molecular formula is C16H11NO5. The van der Waals surface area contributed by atoms with Crippen LogP contribution in [-0.4, -0.2) is 23.3 Å². The van der Waals surface area contributed by atoms with Crippen molar-refractivity contribution in [2.24, 2.45) is 0 Å². The molecule has 2 aromatic rings. The van der Waals surface area contributed by atoms with Crippen LogP contribution in [0.1, 0.15) is 33.2 Å². The monoisotopic (exact) mass is 297 g/mol. The van der Waals surface area contributed by atoms with E-state index in [0.29, 0.717) is 16.7 Å². The Balaban J connectivity index is 2.09. The van der Waals surface area contributed by atoms with Crippen molar-refractivity contribution in [1.29, 1.82) is 0 Å². The predicted molar refractivity (Wildman–Crippen MR) is 77.9 cm³/mol. The predicted octanol–water partition coefficient (Wildman–Crippen LogP) is 2.98. The molecule has 2 aromatic carbocycles. The maximum absolute atomic E-state index is 12.4. The molecule has 0 fully saturated rings. The van der Waals surface area contributed by atoms with E-state index in [4.69, 9.17) is 4.74 Å². The van der Waals surface area contributed by atoms with Gasteiger partial charge in [0.25, 0.3) is 5.69 Å². The summed E-state index contributed by atoms with van der Waals surface area (Å²) < 4.78 is 4.91. The summed E-state index contributed by atoms with van der Waals surface area (Å²) in [5, 5.41) is 10.8. The second kappa shape index (κ2) is 5.07. The smallest absolute Gasteiger partial charge is 0.338 e. The largest absolute Gasteiger partial charge is 0.462 e. The number of benzene rings is 2. The molecule has 0 amide bonds. The van der Waals surface area contributed by atoms with Crippen LogP contribution >= 0.6 is 0 Å². The van der Waals surface area contributed by atoms with Crippen LogP contribution in [0.2, 0.25) is 0 Å². The summed E-state index contributed by atoms with van der Waals surface area (Å²) in [7, 11) is 0. The van der Waals surface area contributed by atoms with E-state index in [9.17, 15) is 19.7 Å². The molecule has 0 N–H and O–H groups in total. The van der Waals surface area contributed by atoms with Gasteiger partial charge in [-0.15, -0.1) is 0 Å². The van der Waals surface area contributed by atoms with Crippen molar-refractivity contribution in [3.8, 4) is 11.1 Å². The molecule has 0 heterocycles. The summed E-state index contributed by atoms with van der Waals surface area (Å²) in [6, 6.07) is 8.91. The van der Waals surface area contributed by atoms with E-state index in [1.54, 1.807) is 25.1 Å². The van der Waals surface area contributed by atoms with Crippen molar-refractivity contribution < 1.29 is 19.2 Å². The molecule has 1 aliphatic carbocycles. The van der Waals surface area contributed by atoms with Crippen LogP contribution < -0.4 is 0 Å². The Hall–Kier alpha value is -3.02. The lowest BCUT2D eigenvalue weighted by molar-refractivity contribution is -0.384. The first-order valence-corrected chi connectivity index (χ1v) is 6.67. The van der Waals surface area contributed by atoms with Gasteiger partial charge in [0.15, 0.2) is 5.78 Å². The molecule has 0 spiro atoms. The fourth-order valence-electron chi connectivity index (χ4n) is 2.52. The fourth-order valence-corrected chi connectivity index (χ4v) is 2.52. The third-order valence-electron chi connectivity index (χ3n) is 3.52. The maximum Gasteiger partial charge on any atom is 0.338 e. The number of rotatable bonds is 3. The first-order chi connectivity index (χ1) is 10.5. The number of non-ortho nitro benzene ring substituents is 1. The minimum atomic E-state index is -0.541. The van der Waals surface area contributed by atoms with Gasteiger partial charge in [-0.05, 0) is 36.2 Å². The number of hydrogen-bond acceptors (Lipinski definition) is 5. The Kier molecular flexibility index (Phi) is 3.21. The number of nitrogens with zero attached hydrogens (tertiary/aromatic N) is 1. The third-order valence-corrected chi connectivity index (χ3v) is 3.52. The van der Waals surface area contributed by atoms with E-state index in [0.717, 1.165) is 0 Å². The van der Waals surface area contributed by atoms with Gasteiger partial charge in [0.1, 0.15) is 0 Å². The average Bonchev–Trinajstić information content (AvgIpc) is 2.80. The highest BCUT2D eigenvalue weighted by Gasteiger charge is 2.29. The Morgan fingerprint density at radius 1 is 1.09 bits per heavy atom. The van der Waals surface area contributed by atoms with E-state index >= 15 is 0 Å². The number of carbonyl (C=O) groups is 2. The minimum Gasteiger partial charge on any atom is -0.462 e. The molecule has 0 radical (unpaired) electrons. The molecule has 0 aromatic heterocycles. The maximum atomic E-state index is 12.4. The average molecular weight is 297 g/mol. The Morgan fingerprint density at radius 2 is 1.73 bits per heavy atom. The molecule has 3 rings (SSSR count). The highest BCUT2D eigenvalue weighted by Crippen LogP contribution is 2.38. The number of hydrogen-bond donors (Lipinski definition) is 0. The van der Waals surface area contributed by atoms with Gasteiger partial charge in [0.2, 0.25) is 0 Å². The van der Waals surface area contributed by atoms with Crippen molar-refractivity contribution in [2.45, 2.75) is 6.92 Å². The number of ketones is 1. The van der Waals surface area contributed by atoms with Gasteiger partial charge >= 0.3 is 5.97 Å². The summed E-state index contributed by atoms with van der Waals surface area (Å²) in [5.41, 5.74) is 2.11. The first-order valence-electron chi connectivity index (χ1n) is 6.67. The zero-order valence-electron chi connectivity index (χ0n) is 11.7. The van der Waals surface area contributed by atoms with Crippen molar-refractivity contribution in [2.75, 3.05) is 6.61 Å². The molecule has 1 aliphatic rings. The molecule has 0 saturated heterocycles. The van der Waals surface area contributed by atoms with Crippen molar-refractivity contribution >= 4 is 17.4 Å². The molecular weight excluding hydrogens is 286 g/mol. The molecule has 0 aliphatic heterocycles. The lowest BCUT2D eigenvalue weighted by Gasteiger charge is -2.04. The van der Waals surface area contributed by atoms with Crippen LogP contribution in [0.25, 0.3) is 11.1 Å². The van der Waals surface area contributed by atoms with Crippen LogP contribution in [0, 0.1) is 10.1 Å². The molecule has 0 unspecified atom stereocenters. The topological polar surface area (TPSA) is 86.5 Å². The summed E-state index contributed by atoms with van der Waals surface area (Å²) >= 11 is 0. The standard InChI is InChI=1S/C16H11NO5/c1-2-22-16(19)9-3-5-11-12-6-4-10(17(20)21)8-14(12)15(18)13(11)7-9/h3-8H,2H2,1H3. The van der Waals surface area contributed by atoms with Crippen LogP contribution in [0.4, 0.5) is 5.69 Å². The van der Waals surface area contributed by atoms with Crippen LogP contribution in [-0.2, 0) is 4.74 Å². The number of carbonyl (C=O) groups excluding carboxylic acids is 2. The Morgan fingerprint density at radius 3 is 2.36 bits per heavy atom. The molecule has 110 valence electrons. The number of esters is 1. The van der Waals surface area contributed by atoms with Gasteiger partial charge in [0.05, 0.1) is 17.1 Å². The quantitative estimate of drug-likeness (QED) is 0.421. The molecule has 0 atom stereocenters. The number of nitro benzene ring substituents is 1. The van der Waals surface area contributed by atoms with Crippen molar-refractivity contribution in [3.05, 3.63) is 63.2 Å². The summed E-state index contributed by atoms with van der Waals surface area (Å²) in [4.78, 5) is 34.5. The number of fused-ring (bicyclic) bond motifs is 3. The van der Waals surface area contributed by atoms with Gasteiger partial charge < -0.3 is 4.74 Å². The van der Waals surface area contributed by atoms with Crippen LogP contribution in [0.3, 0.4) is 0 Å². The minimum absolute atomic E-state index is 0.134. The van der Waals surface area contributed by atoms with Gasteiger partial charge in [-0.3, -0.25) is 14.9 Å². The molecule has 6 heteroatoms. The summed E-state index contributed by atoms with van der Waals surface area (Å²) in [6.45, 7) is 1.95. The molecule has 6 nitrogen and oxygen atoms in total. The second-order valence-electron chi connectivity index (χ2n) is 4.80. The summed E-state index contributed by atoms with van der Waals surface area (Å²) in [6.07, 6.45) is 0. The van der Waals surface area contributed by atoms with Crippen molar-refractivity contribution in [1.82, 2.24) is 0 Å². The van der Waals surface area contributed by atoms with Gasteiger partial charge in [-0.25, -0.2) is 4.79 Å². The van der Waals surface area contributed by atoms with E-state index < -0.39 is 10.9 Å². The summed E-state index contributed by atoms with van der Waals surface area (Å²) in [5.74, 6) is -0.820. The van der Waals surface area contributed by atoms with E-state index in [1.807, 2.05) is 0 Å². The highest BCUT2D eigenvalue weighted by molar-refractivity contribution is 6.22.